The summed E-state index contributed by atoms with van der Waals surface area (Å²) in [6.07, 6.45) is 0. The van der Waals surface area contributed by atoms with Gasteiger partial charge in [0, 0.05) is 0 Å². The molecule has 3 heteroatoms. The standard InChI is InChI=1S/2C2H6S.Pt/c2*1-2-3;/h2*3H,2H2,1H3;/q;;+2/p-2. The third-order valence-electron chi connectivity index (χ3n) is 0. The van der Waals surface area contributed by atoms with Gasteiger partial charge in [-0.25, -0.2) is 0 Å². The van der Waals surface area contributed by atoms with E-state index in [0.717, 1.165) is 11.5 Å². The second-order valence-corrected chi connectivity index (χ2v) is 1.73. The van der Waals surface area contributed by atoms with E-state index in [1.807, 2.05) is 13.8 Å². The Labute approximate surface area is 71.5 Å². The van der Waals surface area contributed by atoms with Crippen LogP contribution in [-0.4, -0.2) is 11.5 Å². The molecule has 0 saturated carbocycles. The van der Waals surface area contributed by atoms with E-state index in [1.54, 1.807) is 0 Å². The summed E-state index contributed by atoms with van der Waals surface area (Å²) in [6.45, 7) is 3.88. The van der Waals surface area contributed by atoms with Crippen LogP contribution in [-0.2, 0) is 46.3 Å². The van der Waals surface area contributed by atoms with Gasteiger partial charge in [0.25, 0.3) is 0 Å². The molecule has 0 atom stereocenters. The fourth-order valence-electron chi connectivity index (χ4n) is 0. The molecule has 7 heavy (non-hydrogen) atoms. The zero-order valence-electron chi connectivity index (χ0n) is 4.55. The Balaban J connectivity index is -0.0000000400. The van der Waals surface area contributed by atoms with E-state index in [0.29, 0.717) is 0 Å². The third-order valence-corrected chi connectivity index (χ3v) is 0. The van der Waals surface area contributed by atoms with Crippen LogP contribution in [0.2, 0.25) is 0 Å². The molecule has 48 valence electrons. The van der Waals surface area contributed by atoms with E-state index < -0.39 is 0 Å². The van der Waals surface area contributed by atoms with Crippen LogP contribution in [0.3, 0.4) is 0 Å². The molecule has 0 heterocycles. The minimum Gasteiger partial charge on any atom is -0.793 e. The molecule has 0 N–H and O–H groups in total. The number of hydrogen-bond acceptors (Lipinski definition) is 2. The van der Waals surface area contributed by atoms with E-state index >= 15 is 0 Å². The molecular formula is C4H10PtS2. The summed E-state index contributed by atoms with van der Waals surface area (Å²) >= 11 is 8.79. The molecule has 0 radical (unpaired) electrons. The van der Waals surface area contributed by atoms with Crippen molar-refractivity contribution in [3.63, 3.8) is 0 Å². The van der Waals surface area contributed by atoms with Crippen molar-refractivity contribution in [1.29, 1.82) is 0 Å². The molecule has 0 aromatic carbocycles. The fraction of sp³-hybridized carbons (Fsp3) is 1.00. The van der Waals surface area contributed by atoms with E-state index in [1.165, 1.54) is 0 Å². The smallest absolute Gasteiger partial charge is 0.793 e. The molecule has 0 amide bonds. The second-order valence-electron chi connectivity index (χ2n) is 0.577. The minimum atomic E-state index is 0. The zero-order chi connectivity index (χ0) is 5.41. The molecule has 0 aliphatic rings. The molecule has 0 rings (SSSR count). The predicted molar refractivity (Wildman–Crippen MR) is 35.8 cm³/mol. The van der Waals surface area contributed by atoms with Crippen molar-refractivity contribution in [2.45, 2.75) is 13.8 Å². The van der Waals surface area contributed by atoms with Gasteiger partial charge in [-0.05, 0) is 0 Å². The van der Waals surface area contributed by atoms with E-state index in [2.05, 4.69) is 25.3 Å². The minimum absolute atomic E-state index is 0. The topological polar surface area (TPSA) is 0 Å². The fourth-order valence-corrected chi connectivity index (χ4v) is 0. The van der Waals surface area contributed by atoms with Crippen LogP contribution in [0.1, 0.15) is 13.8 Å². The Morgan fingerprint density at radius 1 is 1.00 bits per heavy atom. The maximum atomic E-state index is 4.39. The van der Waals surface area contributed by atoms with Crippen LogP contribution < -0.4 is 0 Å². The summed E-state index contributed by atoms with van der Waals surface area (Å²) in [5.74, 6) is 1.67. The van der Waals surface area contributed by atoms with Crippen LogP contribution in [0.4, 0.5) is 0 Å². The SMILES string of the molecule is CC[S-].CC[S-].[Pt+2]. The van der Waals surface area contributed by atoms with Crippen molar-refractivity contribution < 1.29 is 21.1 Å². The van der Waals surface area contributed by atoms with Gasteiger partial charge in [0.05, 0.1) is 0 Å². The van der Waals surface area contributed by atoms with Gasteiger partial charge in [0.2, 0.25) is 0 Å². The Morgan fingerprint density at radius 3 is 1.00 bits per heavy atom. The summed E-state index contributed by atoms with van der Waals surface area (Å²) in [7, 11) is 0. The number of rotatable bonds is 0. The maximum absolute atomic E-state index is 4.39. The average molecular weight is 317 g/mol. The maximum Gasteiger partial charge on any atom is 2.00 e. The Bertz CT molecular complexity index is 11.7. The van der Waals surface area contributed by atoms with Crippen molar-refractivity contribution in [3.8, 4) is 0 Å². The molecule has 0 fully saturated rings. The first kappa shape index (κ1) is 15.8. The first-order valence-corrected chi connectivity index (χ1v) is 3.15. The molecule has 0 saturated heterocycles. The first-order valence-electron chi connectivity index (χ1n) is 1.99. The van der Waals surface area contributed by atoms with Crippen LogP contribution >= 0.6 is 0 Å². The number of hydrogen-bond donors (Lipinski definition) is 0. The Morgan fingerprint density at radius 2 is 1.00 bits per heavy atom. The monoisotopic (exact) mass is 317 g/mol. The van der Waals surface area contributed by atoms with Crippen LogP contribution in [0.15, 0.2) is 0 Å². The molecule has 0 unspecified atom stereocenters. The van der Waals surface area contributed by atoms with Crippen molar-refractivity contribution in [2.75, 3.05) is 11.5 Å². The van der Waals surface area contributed by atoms with Gasteiger partial charge in [-0.3, -0.25) is 0 Å². The summed E-state index contributed by atoms with van der Waals surface area (Å²) in [5, 5.41) is 0. The van der Waals surface area contributed by atoms with E-state index in [9.17, 15) is 0 Å². The van der Waals surface area contributed by atoms with Gasteiger partial charge in [-0.2, -0.15) is 11.5 Å². The molecule has 0 spiro atoms. The summed E-state index contributed by atoms with van der Waals surface area (Å²) in [6, 6.07) is 0. The largest absolute Gasteiger partial charge is 2.00 e. The first-order chi connectivity index (χ1) is 2.83. The van der Waals surface area contributed by atoms with Gasteiger partial charge in [0.15, 0.2) is 0 Å². The average Bonchev–Trinajstić information content (AvgIpc) is 1.39. The second kappa shape index (κ2) is 26.3. The van der Waals surface area contributed by atoms with Gasteiger partial charge >= 0.3 is 21.1 Å². The molecule has 0 aromatic heterocycles. The summed E-state index contributed by atoms with van der Waals surface area (Å²) in [4.78, 5) is 0. The summed E-state index contributed by atoms with van der Waals surface area (Å²) < 4.78 is 0. The molecule has 0 nitrogen and oxygen atoms in total. The van der Waals surface area contributed by atoms with Crippen LogP contribution in [0.25, 0.3) is 0 Å². The van der Waals surface area contributed by atoms with Crippen molar-refractivity contribution in [3.05, 3.63) is 0 Å². The van der Waals surface area contributed by atoms with Crippen LogP contribution in [0, 0.1) is 0 Å². The molecule has 0 aromatic rings. The molecule has 0 bridgehead atoms. The van der Waals surface area contributed by atoms with Crippen molar-refractivity contribution in [1.82, 2.24) is 0 Å². The normalized spacial score (nSPS) is 5.14. The Hall–Kier alpha value is 1.39. The molecule has 0 aliphatic heterocycles. The van der Waals surface area contributed by atoms with Gasteiger partial charge in [-0.1, -0.05) is 13.8 Å². The predicted octanol–water partition coefficient (Wildman–Crippen LogP) is 1.10. The van der Waals surface area contributed by atoms with Gasteiger partial charge in [-0.15, -0.1) is 0 Å². The van der Waals surface area contributed by atoms with Crippen molar-refractivity contribution >= 4 is 25.3 Å². The van der Waals surface area contributed by atoms with Crippen molar-refractivity contribution in [2.24, 2.45) is 0 Å². The Kier molecular flexibility index (Phi) is 59.2. The molecule has 0 aliphatic carbocycles. The quantitative estimate of drug-likeness (QED) is 0.614. The molecular weight excluding hydrogens is 307 g/mol. The van der Waals surface area contributed by atoms with E-state index in [4.69, 9.17) is 0 Å². The third kappa shape index (κ3) is 111. The van der Waals surface area contributed by atoms with E-state index in [-0.39, 0.29) is 21.1 Å². The summed E-state index contributed by atoms with van der Waals surface area (Å²) in [5.41, 5.74) is 0. The van der Waals surface area contributed by atoms with Crippen LogP contribution in [0.5, 0.6) is 0 Å². The zero-order valence-corrected chi connectivity index (χ0v) is 8.45. The van der Waals surface area contributed by atoms with Gasteiger partial charge in [0.1, 0.15) is 0 Å². The van der Waals surface area contributed by atoms with Gasteiger partial charge < -0.3 is 25.3 Å².